The van der Waals surface area contributed by atoms with Gasteiger partial charge in [0, 0.05) is 23.5 Å². The van der Waals surface area contributed by atoms with Gasteiger partial charge in [-0.05, 0) is 11.6 Å². The van der Waals surface area contributed by atoms with E-state index in [2.05, 4.69) is 52.7 Å². The quantitative estimate of drug-likeness (QED) is 0.738. The summed E-state index contributed by atoms with van der Waals surface area (Å²) >= 11 is 5.01. The molecule has 0 bridgehead atoms. The summed E-state index contributed by atoms with van der Waals surface area (Å²) in [7, 11) is 2.00. The maximum absolute atomic E-state index is 11.3. The topological polar surface area (TPSA) is 33.2 Å². The zero-order chi connectivity index (χ0) is 15.6. The first kappa shape index (κ1) is 16.2. The predicted molar refractivity (Wildman–Crippen MR) is 92.5 cm³/mol. The van der Waals surface area contributed by atoms with Crippen LogP contribution in [0.1, 0.15) is 41.7 Å². The fourth-order valence-electron chi connectivity index (χ4n) is 2.05. The number of anilines is 1. The molecule has 1 heterocycles. The number of benzene rings is 1. The molecule has 5 heteroatoms. The van der Waals surface area contributed by atoms with Crippen LogP contribution in [0.2, 0.25) is 0 Å². The molecule has 0 aliphatic carbocycles. The van der Waals surface area contributed by atoms with Crippen molar-refractivity contribution >= 4 is 38.7 Å². The predicted octanol–water partition coefficient (Wildman–Crippen LogP) is 4.65. The average molecular weight is 367 g/mol. The van der Waals surface area contributed by atoms with Crippen molar-refractivity contribution in [2.45, 2.75) is 32.7 Å². The number of aromatic nitrogens is 1. The molecular weight excluding hydrogens is 348 g/mol. The van der Waals surface area contributed by atoms with E-state index in [1.54, 1.807) is 0 Å². The van der Waals surface area contributed by atoms with E-state index in [4.69, 9.17) is 0 Å². The number of carbonyl (C=O) groups excluding carboxylic acids is 1. The Bertz CT molecular complexity index is 646. The molecule has 0 spiro atoms. The Morgan fingerprint density at radius 2 is 2.00 bits per heavy atom. The number of halogens is 1. The van der Waals surface area contributed by atoms with Gasteiger partial charge in [0.2, 0.25) is 0 Å². The molecule has 0 fully saturated rings. The van der Waals surface area contributed by atoms with Crippen molar-refractivity contribution < 1.29 is 4.79 Å². The Labute approximate surface area is 138 Å². The third-order valence-corrected chi connectivity index (χ3v) is 5.02. The fraction of sp³-hybridized carbons (Fsp3) is 0.375. The summed E-state index contributed by atoms with van der Waals surface area (Å²) in [6.07, 6.45) is 0.911. The van der Waals surface area contributed by atoms with Gasteiger partial charge in [0.05, 0.1) is 10.6 Å². The Hall–Kier alpha value is -1.20. The Balaban J connectivity index is 2.28. The number of aldehydes is 1. The summed E-state index contributed by atoms with van der Waals surface area (Å²) in [5, 5.41) is 0.873. The molecule has 0 radical (unpaired) electrons. The number of rotatable bonds is 4. The molecule has 1 aromatic heterocycles. The lowest BCUT2D eigenvalue weighted by molar-refractivity contribution is 0.112. The number of thiazole rings is 1. The minimum absolute atomic E-state index is 0.126. The van der Waals surface area contributed by atoms with Crippen LogP contribution >= 0.6 is 27.3 Å². The molecule has 112 valence electrons. The van der Waals surface area contributed by atoms with E-state index in [1.165, 1.54) is 16.9 Å². The van der Waals surface area contributed by atoms with Crippen molar-refractivity contribution in [3.8, 4) is 0 Å². The summed E-state index contributed by atoms with van der Waals surface area (Å²) < 4.78 is 1.08. The first-order chi connectivity index (χ1) is 9.82. The molecule has 0 atom stereocenters. The highest BCUT2D eigenvalue weighted by Gasteiger charge is 2.24. The van der Waals surface area contributed by atoms with Crippen molar-refractivity contribution in [3.63, 3.8) is 0 Å². The molecule has 0 N–H and O–H groups in total. The normalized spacial score (nSPS) is 11.5. The van der Waals surface area contributed by atoms with Crippen LogP contribution in [0.3, 0.4) is 0 Å². The lowest BCUT2D eigenvalue weighted by Gasteiger charge is -2.18. The lowest BCUT2D eigenvalue weighted by atomic mass is 9.91. The lowest BCUT2D eigenvalue weighted by Crippen LogP contribution is -2.18. The highest BCUT2D eigenvalue weighted by atomic mass is 79.9. The summed E-state index contributed by atoms with van der Waals surface area (Å²) in [6, 6.07) is 8.13. The smallest absolute Gasteiger partial charge is 0.186 e. The second kappa shape index (κ2) is 6.28. The van der Waals surface area contributed by atoms with Gasteiger partial charge in [-0.25, -0.2) is 4.98 Å². The Morgan fingerprint density at radius 3 is 2.52 bits per heavy atom. The van der Waals surface area contributed by atoms with Gasteiger partial charge < -0.3 is 4.90 Å². The summed E-state index contributed by atoms with van der Waals surface area (Å²) in [5.74, 6) is 0. The minimum Gasteiger partial charge on any atom is -0.347 e. The summed E-state index contributed by atoms with van der Waals surface area (Å²) in [5.41, 5.74) is 1.94. The van der Waals surface area contributed by atoms with Crippen LogP contribution in [0.4, 0.5) is 5.13 Å². The van der Waals surface area contributed by atoms with E-state index < -0.39 is 0 Å². The van der Waals surface area contributed by atoms with Crippen LogP contribution in [0, 0.1) is 0 Å². The second-order valence-corrected chi connectivity index (χ2v) is 7.89. The van der Waals surface area contributed by atoms with Crippen molar-refractivity contribution in [3.05, 3.63) is 44.9 Å². The molecule has 2 aromatic rings. The summed E-state index contributed by atoms with van der Waals surface area (Å²) in [6.45, 7) is 6.97. The standard InChI is InChI=1S/C16H19BrN2OS/c1-16(2,3)14-13(10-20)21-15(18-14)19(4)9-11-7-5-6-8-12(11)17/h5-8,10H,9H2,1-4H3. The first-order valence-corrected chi connectivity index (χ1v) is 8.35. The maximum atomic E-state index is 11.3. The summed E-state index contributed by atoms with van der Waals surface area (Å²) in [4.78, 5) is 18.7. The van der Waals surface area contributed by atoms with E-state index in [-0.39, 0.29) is 5.41 Å². The van der Waals surface area contributed by atoms with Crippen LogP contribution < -0.4 is 4.90 Å². The zero-order valence-corrected chi connectivity index (χ0v) is 15.1. The molecule has 0 unspecified atom stereocenters. The number of nitrogens with zero attached hydrogens (tertiary/aromatic N) is 2. The molecule has 3 nitrogen and oxygen atoms in total. The van der Waals surface area contributed by atoms with Crippen LogP contribution in [0.25, 0.3) is 0 Å². The van der Waals surface area contributed by atoms with Gasteiger partial charge in [-0.3, -0.25) is 4.79 Å². The van der Waals surface area contributed by atoms with Gasteiger partial charge in [0.15, 0.2) is 11.4 Å². The van der Waals surface area contributed by atoms with Crippen LogP contribution in [0.5, 0.6) is 0 Å². The first-order valence-electron chi connectivity index (χ1n) is 6.74. The van der Waals surface area contributed by atoms with Crippen molar-refractivity contribution in [2.75, 3.05) is 11.9 Å². The highest BCUT2D eigenvalue weighted by Crippen LogP contribution is 2.33. The molecule has 21 heavy (non-hydrogen) atoms. The monoisotopic (exact) mass is 366 g/mol. The molecule has 0 aliphatic rings. The van der Waals surface area contributed by atoms with Crippen molar-refractivity contribution in [1.29, 1.82) is 0 Å². The van der Waals surface area contributed by atoms with Gasteiger partial charge in [0.25, 0.3) is 0 Å². The van der Waals surface area contributed by atoms with Crippen LogP contribution in [-0.2, 0) is 12.0 Å². The highest BCUT2D eigenvalue weighted by molar-refractivity contribution is 9.10. The van der Waals surface area contributed by atoms with E-state index in [0.29, 0.717) is 0 Å². The average Bonchev–Trinajstić information content (AvgIpc) is 2.85. The SMILES string of the molecule is CN(Cc1ccccc1Br)c1nc(C(C)(C)C)c(C=O)s1. The van der Waals surface area contributed by atoms with Crippen LogP contribution in [0.15, 0.2) is 28.7 Å². The largest absolute Gasteiger partial charge is 0.347 e. The van der Waals surface area contributed by atoms with Gasteiger partial charge in [-0.2, -0.15) is 0 Å². The van der Waals surface area contributed by atoms with Gasteiger partial charge in [-0.15, -0.1) is 0 Å². The second-order valence-electron chi connectivity index (χ2n) is 6.02. The molecule has 0 saturated carbocycles. The number of hydrogen-bond donors (Lipinski definition) is 0. The van der Waals surface area contributed by atoms with Crippen LogP contribution in [-0.4, -0.2) is 18.3 Å². The van der Waals surface area contributed by atoms with E-state index in [0.717, 1.165) is 33.0 Å². The van der Waals surface area contributed by atoms with Gasteiger partial charge in [-0.1, -0.05) is 66.2 Å². The van der Waals surface area contributed by atoms with E-state index in [1.807, 2.05) is 25.2 Å². The van der Waals surface area contributed by atoms with Crippen molar-refractivity contribution in [2.24, 2.45) is 0 Å². The number of carbonyl (C=O) groups is 1. The third kappa shape index (κ3) is 3.71. The molecule has 0 aliphatic heterocycles. The molecule has 2 rings (SSSR count). The molecule has 0 amide bonds. The zero-order valence-electron chi connectivity index (χ0n) is 12.7. The molecular formula is C16H19BrN2OS. The maximum Gasteiger partial charge on any atom is 0.186 e. The van der Waals surface area contributed by atoms with E-state index in [9.17, 15) is 4.79 Å². The Kier molecular flexibility index (Phi) is 4.84. The number of hydrogen-bond acceptors (Lipinski definition) is 4. The van der Waals surface area contributed by atoms with E-state index >= 15 is 0 Å². The van der Waals surface area contributed by atoms with Gasteiger partial charge in [0.1, 0.15) is 0 Å². The van der Waals surface area contributed by atoms with Crippen molar-refractivity contribution in [1.82, 2.24) is 4.98 Å². The Morgan fingerprint density at radius 1 is 1.33 bits per heavy atom. The third-order valence-electron chi connectivity index (χ3n) is 3.15. The molecule has 1 aromatic carbocycles. The van der Waals surface area contributed by atoms with Gasteiger partial charge >= 0.3 is 0 Å². The minimum atomic E-state index is -0.126. The fourth-order valence-corrected chi connectivity index (χ4v) is 3.51. The molecule has 0 saturated heterocycles.